The van der Waals surface area contributed by atoms with Crippen molar-refractivity contribution in [2.75, 3.05) is 5.32 Å². The quantitative estimate of drug-likeness (QED) is 0.460. The van der Waals surface area contributed by atoms with Crippen LogP contribution in [-0.2, 0) is 14.8 Å². The van der Waals surface area contributed by atoms with E-state index in [2.05, 4.69) is 5.32 Å². The first kappa shape index (κ1) is 16.1. The zero-order valence-electron chi connectivity index (χ0n) is 11.2. The van der Waals surface area contributed by atoms with Gasteiger partial charge in [-0.05, 0) is 31.2 Å². The molecule has 5 atom stereocenters. The van der Waals surface area contributed by atoms with Crippen LogP contribution in [0.2, 0.25) is 0 Å². The molecule has 0 amide bonds. The van der Waals surface area contributed by atoms with Gasteiger partial charge in [-0.15, -0.1) is 0 Å². The summed E-state index contributed by atoms with van der Waals surface area (Å²) in [6, 6.07) is 5.53. The molecule has 0 radical (unpaired) electrons. The molecule has 9 heteroatoms. The van der Waals surface area contributed by atoms with Crippen molar-refractivity contribution in [3.63, 3.8) is 0 Å². The number of nitrogens with one attached hydrogen (secondary N) is 1. The number of rotatable bonds is 3. The molecule has 8 nitrogen and oxygen atoms in total. The molecule has 0 saturated carbocycles. The summed E-state index contributed by atoms with van der Waals surface area (Å²) in [6.45, 7) is 1.57. The molecular formula is C12H18N2O6S. The molecule has 0 spiro atoms. The summed E-state index contributed by atoms with van der Waals surface area (Å²) in [5.74, 6) is 0. The van der Waals surface area contributed by atoms with Crippen molar-refractivity contribution in [1.29, 1.82) is 0 Å². The van der Waals surface area contributed by atoms with E-state index in [1.54, 1.807) is 6.92 Å². The van der Waals surface area contributed by atoms with Gasteiger partial charge >= 0.3 is 0 Å². The molecular weight excluding hydrogens is 300 g/mol. The van der Waals surface area contributed by atoms with Crippen LogP contribution in [-0.4, -0.2) is 54.4 Å². The fraction of sp³-hybridized carbons (Fsp3) is 0.500. The lowest BCUT2D eigenvalue weighted by atomic mass is 9.99. The van der Waals surface area contributed by atoms with Crippen molar-refractivity contribution in [3.8, 4) is 0 Å². The minimum Gasteiger partial charge on any atom is -0.388 e. The van der Waals surface area contributed by atoms with Crippen LogP contribution >= 0.6 is 0 Å². The number of benzene rings is 1. The second-order valence-corrected chi connectivity index (χ2v) is 6.51. The van der Waals surface area contributed by atoms with Crippen LogP contribution in [0.15, 0.2) is 29.2 Å². The summed E-state index contributed by atoms with van der Waals surface area (Å²) >= 11 is 0. The number of aliphatic hydroxyl groups is 3. The molecule has 118 valence electrons. The Labute approximate surface area is 122 Å². The lowest BCUT2D eigenvalue weighted by Gasteiger charge is -2.39. The molecule has 1 saturated heterocycles. The molecule has 1 fully saturated rings. The summed E-state index contributed by atoms with van der Waals surface area (Å²) in [4.78, 5) is -0.0398. The van der Waals surface area contributed by atoms with E-state index in [0.717, 1.165) is 0 Å². The highest BCUT2D eigenvalue weighted by Gasteiger charge is 2.41. The summed E-state index contributed by atoms with van der Waals surface area (Å²) in [7, 11) is -3.77. The molecule has 0 aliphatic carbocycles. The molecule has 1 aromatic carbocycles. The van der Waals surface area contributed by atoms with Gasteiger partial charge in [0.05, 0.1) is 11.0 Å². The Morgan fingerprint density at radius 1 is 1.10 bits per heavy atom. The Kier molecular flexibility index (Phi) is 4.51. The summed E-state index contributed by atoms with van der Waals surface area (Å²) < 4.78 is 27.6. The standard InChI is InChI=1S/C12H18N2O6S/c1-6-9(15)10(16)11(17)12(20-6)14-7-2-4-8(5-3-7)21(13,18)19/h2-6,9-12,14-17H,1H3,(H2,13,18,19)/t6-,9-,10+,11+,12-/m1/s1. The van der Waals surface area contributed by atoms with Gasteiger partial charge in [0.25, 0.3) is 0 Å². The van der Waals surface area contributed by atoms with Gasteiger partial charge in [0, 0.05) is 5.69 Å². The second kappa shape index (κ2) is 5.87. The highest BCUT2D eigenvalue weighted by molar-refractivity contribution is 7.89. The molecule has 2 rings (SSSR count). The number of primary sulfonamides is 1. The highest BCUT2D eigenvalue weighted by Crippen LogP contribution is 2.23. The third-order valence-corrected chi connectivity index (χ3v) is 4.27. The molecule has 21 heavy (non-hydrogen) atoms. The Hall–Kier alpha value is -1.23. The van der Waals surface area contributed by atoms with Gasteiger partial charge in [-0.2, -0.15) is 0 Å². The molecule has 0 bridgehead atoms. The largest absolute Gasteiger partial charge is 0.388 e. The van der Waals surface area contributed by atoms with Gasteiger partial charge in [-0.25, -0.2) is 13.6 Å². The van der Waals surface area contributed by atoms with E-state index in [4.69, 9.17) is 9.88 Å². The Balaban J connectivity index is 2.11. The summed E-state index contributed by atoms with van der Waals surface area (Å²) in [6.07, 6.45) is -5.44. The minimum absolute atomic E-state index is 0.0398. The summed E-state index contributed by atoms with van der Waals surface area (Å²) in [5.41, 5.74) is 0.474. The van der Waals surface area contributed by atoms with E-state index < -0.39 is 40.7 Å². The van der Waals surface area contributed by atoms with Crippen LogP contribution in [0, 0.1) is 0 Å². The van der Waals surface area contributed by atoms with Gasteiger partial charge in [0.1, 0.15) is 18.3 Å². The predicted molar refractivity (Wildman–Crippen MR) is 73.8 cm³/mol. The third kappa shape index (κ3) is 3.51. The highest BCUT2D eigenvalue weighted by atomic mass is 32.2. The zero-order valence-corrected chi connectivity index (χ0v) is 12.1. The Morgan fingerprint density at radius 3 is 2.19 bits per heavy atom. The number of nitrogens with two attached hydrogens (primary N) is 1. The first-order chi connectivity index (χ1) is 9.70. The minimum atomic E-state index is -3.77. The molecule has 1 aromatic rings. The second-order valence-electron chi connectivity index (χ2n) is 4.95. The van der Waals surface area contributed by atoms with Crippen molar-refractivity contribution in [2.24, 2.45) is 5.14 Å². The predicted octanol–water partition coefficient (Wildman–Crippen LogP) is -1.43. The maximum atomic E-state index is 11.1. The number of sulfonamides is 1. The Bertz CT molecular complexity index is 590. The van der Waals surface area contributed by atoms with Gasteiger partial charge in [-0.3, -0.25) is 0 Å². The van der Waals surface area contributed by atoms with Crippen molar-refractivity contribution in [2.45, 2.75) is 42.5 Å². The molecule has 6 N–H and O–H groups in total. The lowest BCUT2D eigenvalue weighted by molar-refractivity contribution is -0.209. The maximum Gasteiger partial charge on any atom is 0.238 e. The third-order valence-electron chi connectivity index (χ3n) is 3.34. The molecule has 0 aromatic heterocycles. The van der Waals surface area contributed by atoms with E-state index in [-0.39, 0.29) is 4.90 Å². The van der Waals surface area contributed by atoms with E-state index in [1.165, 1.54) is 24.3 Å². The normalized spacial score (nSPS) is 33.7. The number of ether oxygens (including phenoxy) is 1. The fourth-order valence-corrected chi connectivity index (χ4v) is 2.59. The molecule has 1 heterocycles. The average Bonchev–Trinajstić information content (AvgIpc) is 2.42. The topological polar surface area (TPSA) is 142 Å². The lowest BCUT2D eigenvalue weighted by Crippen LogP contribution is -2.58. The van der Waals surface area contributed by atoms with Crippen LogP contribution in [0.25, 0.3) is 0 Å². The van der Waals surface area contributed by atoms with Crippen molar-refractivity contribution >= 4 is 15.7 Å². The van der Waals surface area contributed by atoms with Crippen LogP contribution in [0.3, 0.4) is 0 Å². The van der Waals surface area contributed by atoms with Gasteiger partial charge in [0.15, 0.2) is 6.23 Å². The number of aliphatic hydroxyl groups excluding tert-OH is 3. The van der Waals surface area contributed by atoms with Gasteiger partial charge in [0.2, 0.25) is 10.0 Å². The van der Waals surface area contributed by atoms with E-state index in [1.807, 2.05) is 0 Å². The Morgan fingerprint density at radius 2 is 1.67 bits per heavy atom. The van der Waals surface area contributed by atoms with Crippen molar-refractivity contribution in [3.05, 3.63) is 24.3 Å². The van der Waals surface area contributed by atoms with Crippen molar-refractivity contribution in [1.82, 2.24) is 0 Å². The monoisotopic (exact) mass is 318 g/mol. The van der Waals surface area contributed by atoms with Crippen LogP contribution in [0.5, 0.6) is 0 Å². The molecule has 1 aliphatic heterocycles. The van der Waals surface area contributed by atoms with E-state index in [0.29, 0.717) is 5.69 Å². The number of hydrogen-bond donors (Lipinski definition) is 5. The van der Waals surface area contributed by atoms with E-state index >= 15 is 0 Å². The molecule has 1 aliphatic rings. The smallest absolute Gasteiger partial charge is 0.238 e. The maximum absolute atomic E-state index is 11.1. The van der Waals surface area contributed by atoms with Crippen LogP contribution < -0.4 is 10.5 Å². The zero-order chi connectivity index (χ0) is 15.8. The summed E-state index contributed by atoms with van der Waals surface area (Å²) in [5, 5.41) is 36.9. The fourth-order valence-electron chi connectivity index (χ4n) is 2.08. The first-order valence-electron chi connectivity index (χ1n) is 6.29. The number of anilines is 1. The van der Waals surface area contributed by atoms with E-state index in [9.17, 15) is 23.7 Å². The van der Waals surface area contributed by atoms with Crippen LogP contribution in [0.1, 0.15) is 6.92 Å². The van der Waals surface area contributed by atoms with Gasteiger partial charge < -0.3 is 25.4 Å². The SMILES string of the molecule is C[C@H]1O[C@@H](Nc2ccc(S(N)(=O)=O)cc2)[C@@H](O)[C@@H](O)[C@@H]1O. The number of hydrogen-bond acceptors (Lipinski definition) is 7. The van der Waals surface area contributed by atoms with Crippen molar-refractivity contribution < 1.29 is 28.5 Å². The van der Waals surface area contributed by atoms with Gasteiger partial charge in [-0.1, -0.05) is 0 Å². The first-order valence-corrected chi connectivity index (χ1v) is 7.84. The average molecular weight is 318 g/mol. The molecule has 0 unspecified atom stereocenters. The van der Waals surface area contributed by atoms with Crippen LogP contribution in [0.4, 0.5) is 5.69 Å².